The summed E-state index contributed by atoms with van der Waals surface area (Å²) >= 11 is 0. The predicted molar refractivity (Wildman–Crippen MR) is 114 cm³/mol. The molecule has 0 aliphatic heterocycles. The van der Waals surface area contributed by atoms with Crippen LogP contribution in [0.4, 0.5) is 8.78 Å². The molecule has 150 valence electrons. The molecule has 5 nitrogen and oxygen atoms in total. The Balaban J connectivity index is 0.00000364. The van der Waals surface area contributed by atoms with Crippen LogP contribution in [0.5, 0.6) is 0 Å². The molecule has 0 saturated heterocycles. The minimum Gasteiger partial charge on any atom is -0.359 e. The SMILES string of the molecule is CCNC(=NCc1cc(C(C)C)no1)NCC(C)c1ccc(F)c(F)c1.I. The second-order valence-corrected chi connectivity index (χ2v) is 6.52. The van der Waals surface area contributed by atoms with Gasteiger partial charge in [0.2, 0.25) is 0 Å². The zero-order valence-electron chi connectivity index (χ0n) is 16.1. The van der Waals surface area contributed by atoms with Crippen LogP contribution in [0.15, 0.2) is 33.8 Å². The van der Waals surface area contributed by atoms with Crippen LogP contribution in [0.2, 0.25) is 0 Å². The van der Waals surface area contributed by atoms with Crippen LogP contribution in [0, 0.1) is 11.6 Å². The Morgan fingerprint density at radius 3 is 2.48 bits per heavy atom. The number of nitrogens with one attached hydrogen (secondary N) is 2. The number of aliphatic imine (C=N–C) groups is 1. The Kier molecular flexibility index (Phi) is 9.68. The van der Waals surface area contributed by atoms with Crippen molar-refractivity contribution in [1.82, 2.24) is 15.8 Å². The van der Waals surface area contributed by atoms with Gasteiger partial charge < -0.3 is 15.2 Å². The quantitative estimate of drug-likeness (QED) is 0.338. The normalized spacial score (nSPS) is 12.6. The van der Waals surface area contributed by atoms with Gasteiger partial charge in [-0.3, -0.25) is 0 Å². The van der Waals surface area contributed by atoms with Gasteiger partial charge in [0.1, 0.15) is 6.54 Å². The zero-order valence-corrected chi connectivity index (χ0v) is 18.4. The van der Waals surface area contributed by atoms with Crippen LogP contribution in [-0.2, 0) is 6.54 Å². The second kappa shape index (κ2) is 11.2. The van der Waals surface area contributed by atoms with Crippen molar-refractivity contribution in [2.24, 2.45) is 4.99 Å². The maximum absolute atomic E-state index is 13.4. The maximum Gasteiger partial charge on any atom is 0.191 e. The summed E-state index contributed by atoms with van der Waals surface area (Å²) in [6.45, 7) is 9.63. The van der Waals surface area contributed by atoms with Crippen molar-refractivity contribution in [2.45, 2.75) is 46.1 Å². The van der Waals surface area contributed by atoms with E-state index in [1.54, 1.807) is 6.07 Å². The molecular weight excluding hydrogens is 465 g/mol. The van der Waals surface area contributed by atoms with E-state index >= 15 is 0 Å². The highest BCUT2D eigenvalue weighted by molar-refractivity contribution is 14.0. The number of hydrogen-bond acceptors (Lipinski definition) is 3. The maximum atomic E-state index is 13.4. The van der Waals surface area contributed by atoms with Gasteiger partial charge in [0.25, 0.3) is 0 Å². The lowest BCUT2D eigenvalue weighted by Gasteiger charge is -2.16. The van der Waals surface area contributed by atoms with Crippen molar-refractivity contribution in [2.75, 3.05) is 13.1 Å². The summed E-state index contributed by atoms with van der Waals surface area (Å²) in [6, 6.07) is 5.88. The van der Waals surface area contributed by atoms with Gasteiger partial charge in [-0.2, -0.15) is 0 Å². The average molecular weight is 492 g/mol. The Hall–Kier alpha value is -1.71. The number of aromatic nitrogens is 1. The fourth-order valence-corrected chi connectivity index (χ4v) is 2.36. The molecule has 1 unspecified atom stereocenters. The minimum absolute atomic E-state index is 0. The molecule has 0 bridgehead atoms. The molecule has 1 heterocycles. The second-order valence-electron chi connectivity index (χ2n) is 6.52. The molecule has 2 aromatic rings. The minimum atomic E-state index is -0.836. The molecule has 0 saturated carbocycles. The van der Waals surface area contributed by atoms with E-state index in [4.69, 9.17) is 4.52 Å². The van der Waals surface area contributed by atoms with Gasteiger partial charge in [-0.25, -0.2) is 13.8 Å². The topological polar surface area (TPSA) is 62.5 Å². The molecule has 0 amide bonds. The zero-order chi connectivity index (χ0) is 19.1. The summed E-state index contributed by atoms with van der Waals surface area (Å²) in [5.41, 5.74) is 1.63. The van der Waals surface area contributed by atoms with Crippen LogP contribution in [0.1, 0.15) is 56.5 Å². The molecule has 27 heavy (non-hydrogen) atoms. The molecule has 0 fully saturated rings. The van der Waals surface area contributed by atoms with E-state index in [1.807, 2.05) is 19.9 Å². The van der Waals surface area contributed by atoms with Crippen LogP contribution in [0.25, 0.3) is 0 Å². The molecule has 2 rings (SSSR count). The summed E-state index contributed by atoms with van der Waals surface area (Å²) < 4.78 is 31.7. The van der Waals surface area contributed by atoms with Crippen molar-refractivity contribution < 1.29 is 13.3 Å². The molecule has 0 radical (unpaired) electrons. The Morgan fingerprint density at radius 1 is 1.15 bits per heavy atom. The van der Waals surface area contributed by atoms with E-state index in [2.05, 4.69) is 34.6 Å². The number of hydrogen-bond donors (Lipinski definition) is 2. The van der Waals surface area contributed by atoms with Crippen molar-refractivity contribution in [3.8, 4) is 0 Å². The predicted octanol–water partition coefficient (Wildman–Crippen LogP) is 4.55. The van der Waals surface area contributed by atoms with Crippen LogP contribution in [-0.4, -0.2) is 24.2 Å². The van der Waals surface area contributed by atoms with E-state index in [-0.39, 0.29) is 29.9 Å². The molecule has 8 heteroatoms. The van der Waals surface area contributed by atoms with Crippen LogP contribution >= 0.6 is 24.0 Å². The first kappa shape index (κ1) is 23.3. The van der Waals surface area contributed by atoms with Crippen molar-refractivity contribution in [3.63, 3.8) is 0 Å². The van der Waals surface area contributed by atoms with Gasteiger partial charge in [-0.15, -0.1) is 24.0 Å². The number of guanidine groups is 1. The highest BCUT2D eigenvalue weighted by atomic mass is 127. The molecule has 1 aromatic carbocycles. The van der Waals surface area contributed by atoms with E-state index in [0.717, 1.165) is 17.3 Å². The third-order valence-electron chi connectivity index (χ3n) is 3.99. The molecule has 1 aromatic heterocycles. The van der Waals surface area contributed by atoms with Crippen LogP contribution < -0.4 is 10.6 Å². The summed E-state index contributed by atoms with van der Waals surface area (Å²) in [6.07, 6.45) is 0. The van der Waals surface area contributed by atoms with Gasteiger partial charge in [0, 0.05) is 19.2 Å². The fraction of sp³-hybridized carbons (Fsp3) is 0.474. The van der Waals surface area contributed by atoms with Crippen molar-refractivity contribution in [3.05, 3.63) is 52.9 Å². The molecular formula is C19H27F2IN4O. The Morgan fingerprint density at radius 2 is 1.89 bits per heavy atom. The molecule has 1 atom stereocenters. The van der Waals surface area contributed by atoms with E-state index in [1.165, 1.54) is 6.07 Å². The van der Waals surface area contributed by atoms with E-state index in [9.17, 15) is 8.78 Å². The first-order valence-corrected chi connectivity index (χ1v) is 8.83. The first-order chi connectivity index (χ1) is 12.4. The third-order valence-corrected chi connectivity index (χ3v) is 3.99. The van der Waals surface area contributed by atoms with Gasteiger partial charge >= 0.3 is 0 Å². The largest absolute Gasteiger partial charge is 0.359 e. The summed E-state index contributed by atoms with van der Waals surface area (Å²) in [5.74, 6) is -0.0478. The van der Waals surface area contributed by atoms with Gasteiger partial charge in [-0.1, -0.05) is 32.0 Å². The highest BCUT2D eigenvalue weighted by Gasteiger charge is 2.11. The van der Waals surface area contributed by atoms with Gasteiger partial charge in [-0.05, 0) is 36.5 Å². The standard InChI is InChI=1S/C19H26F2N4O.HI/c1-5-22-19(24-11-15-9-18(12(2)3)25-26-15)23-10-13(4)14-6-7-16(20)17(21)8-14;/h6-9,12-13H,5,10-11H2,1-4H3,(H2,22,23,24);1H. The number of benzene rings is 1. The Labute approximate surface area is 176 Å². The number of nitrogens with zero attached hydrogens (tertiary/aromatic N) is 2. The average Bonchev–Trinajstić information content (AvgIpc) is 3.09. The van der Waals surface area contributed by atoms with Crippen molar-refractivity contribution >= 4 is 29.9 Å². The lowest BCUT2D eigenvalue weighted by Crippen LogP contribution is -2.39. The summed E-state index contributed by atoms with van der Waals surface area (Å²) in [7, 11) is 0. The lowest BCUT2D eigenvalue weighted by atomic mass is 10.0. The Bertz CT molecular complexity index is 749. The highest BCUT2D eigenvalue weighted by Crippen LogP contribution is 2.17. The summed E-state index contributed by atoms with van der Waals surface area (Å²) in [4.78, 5) is 4.48. The van der Waals surface area contributed by atoms with Crippen LogP contribution in [0.3, 0.4) is 0 Å². The molecule has 2 N–H and O–H groups in total. The van der Waals surface area contributed by atoms with Gasteiger partial charge in [0.05, 0.1) is 5.69 Å². The van der Waals surface area contributed by atoms with Crippen molar-refractivity contribution in [1.29, 1.82) is 0 Å². The first-order valence-electron chi connectivity index (χ1n) is 8.83. The molecule has 0 aliphatic rings. The monoisotopic (exact) mass is 492 g/mol. The summed E-state index contributed by atoms with van der Waals surface area (Å²) in [5, 5.41) is 10.4. The number of halogens is 3. The van der Waals surface area contributed by atoms with Gasteiger partial charge in [0.15, 0.2) is 23.4 Å². The smallest absolute Gasteiger partial charge is 0.191 e. The fourth-order valence-electron chi connectivity index (χ4n) is 2.36. The number of rotatable bonds is 7. The molecule has 0 aliphatic carbocycles. The lowest BCUT2D eigenvalue weighted by molar-refractivity contribution is 0.376. The molecule has 0 spiro atoms. The third kappa shape index (κ3) is 7.08. The van der Waals surface area contributed by atoms with E-state index < -0.39 is 11.6 Å². The van der Waals surface area contributed by atoms with E-state index in [0.29, 0.717) is 37.3 Å².